The van der Waals surface area contributed by atoms with Crippen molar-refractivity contribution in [2.75, 3.05) is 0 Å². The number of benzene rings is 10. The van der Waals surface area contributed by atoms with Crippen LogP contribution < -0.4 is 0 Å². The molecule has 0 saturated heterocycles. The molecule has 6 heteroatoms. The van der Waals surface area contributed by atoms with Crippen molar-refractivity contribution < 1.29 is 0 Å². The van der Waals surface area contributed by atoms with Crippen LogP contribution in [-0.4, -0.2) is 28.7 Å². The molecular formula is C63H40N6. The highest BCUT2D eigenvalue weighted by Crippen LogP contribution is 2.46. The molecule has 4 aromatic heterocycles. The third-order valence-electron chi connectivity index (χ3n) is 13.7. The van der Waals surface area contributed by atoms with Crippen LogP contribution in [0.25, 0.3) is 128 Å². The summed E-state index contributed by atoms with van der Waals surface area (Å²) >= 11 is 0. The van der Waals surface area contributed by atoms with Crippen molar-refractivity contribution in [3.8, 4) is 62.4 Å². The first kappa shape index (κ1) is 38.8. The van der Waals surface area contributed by atoms with E-state index in [9.17, 15) is 0 Å². The van der Waals surface area contributed by atoms with Gasteiger partial charge in [-0.3, -0.25) is 4.57 Å². The lowest BCUT2D eigenvalue weighted by molar-refractivity contribution is 0.950. The quantitative estimate of drug-likeness (QED) is 0.160. The summed E-state index contributed by atoms with van der Waals surface area (Å²) < 4.78 is 7.17. The first-order chi connectivity index (χ1) is 34.2. The second-order valence-corrected chi connectivity index (χ2v) is 17.6. The molecule has 69 heavy (non-hydrogen) atoms. The van der Waals surface area contributed by atoms with Gasteiger partial charge in [0, 0.05) is 49.1 Å². The molecule has 0 N–H and O–H groups in total. The van der Waals surface area contributed by atoms with Gasteiger partial charge in [-0.25, -0.2) is 4.98 Å². The molecule has 4 heterocycles. The Bertz CT molecular complexity index is 4230. The maximum Gasteiger partial charge on any atom is 0.238 e. The van der Waals surface area contributed by atoms with Crippen molar-refractivity contribution in [2.24, 2.45) is 0 Å². The number of nitrogens with zero attached hydrogens (tertiary/aromatic N) is 6. The van der Waals surface area contributed by atoms with E-state index in [2.05, 4.69) is 238 Å². The zero-order valence-electron chi connectivity index (χ0n) is 37.3. The summed E-state index contributed by atoms with van der Waals surface area (Å²) in [6, 6.07) is 86.2. The van der Waals surface area contributed by atoms with Gasteiger partial charge in [0.1, 0.15) is 0 Å². The minimum Gasteiger partial charge on any atom is -0.309 e. The van der Waals surface area contributed by atoms with Gasteiger partial charge in [-0.1, -0.05) is 194 Å². The van der Waals surface area contributed by atoms with Gasteiger partial charge in [-0.15, -0.1) is 0 Å². The Kier molecular flexibility index (Phi) is 8.79. The van der Waals surface area contributed by atoms with Crippen LogP contribution in [0, 0.1) is 0 Å². The first-order valence-corrected chi connectivity index (χ1v) is 23.4. The van der Waals surface area contributed by atoms with E-state index in [4.69, 9.17) is 15.0 Å². The lowest BCUT2D eigenvalue weighted by atomic mass is 9.98. The van der Waals surface area contributed by atoms with Gasteiger partial charge < -0.3 is 9.13 Å². The smallest absolute Gasteiger partial charge is 0.238 e. The van der Waals surface area contributed by atoms with E-state index >= 15 is 0 Å². The molecule has 0 saturated carbocycles. The van der Waals surface area contributed by atoms with Crippen LogP contribution >= 0.6 is 0 Å². The minimum atomic E-state index is 0.536. The van der Waals surface area contributed by atoms with Crippen molar-refractivity contribution in [1.29, 1.82) is 0 Å². The van der Waals surface area contributed by atoms with Gasteiger partial charge in [0.25, 0.3) is 0 Å². The highest BCUT2D eigenvalue weighted by Gasteiger charge is 2.27. The predicted octanol–water partition coefficient (Wildman–Crippen LogP) is 15.8. The van der Waals surface area contributed by atoms with Crippen molar-refractivity contribution in [2.45, 2.75) is 0 Å². The van der Waals surface area contributed by atoms with Crippen LogP contribution in [0.1, 0.15) is 0 Å². The lowest BCUT2D eigenvalue weighted by Gasteiger charge is -2.16. The largest absolute Gasteiger partial charge is 0.309 e. The summed E-state index contributed by atoms with van der Waals surface area (Å²) in [5.41, 5.74) is 15.1. The molecule has 6 nitrogen and oxygen atoms in total. The maximum absolute atomic E-state index is 5.50. The number of para-hydroxylation sites is 5. The van der Waals surface area contributed by atoms with E-state index < -0.39 is 0 Å². The first-order valence-electron chi connectivity index (χ1n) is 23.4. The summed E-state index contributed by atoms with van der Waals surface area (Å²) in [4.78, 5) is 16.2. The molecule has 0 radical (unpaired) electrons. The molecule has 0 atom stereocenters. The van der Waals surface area contributed by atoms with Gasteiger partial charge in [-0.05, 0) is 70.8 Å². The van der Waals surface area contributed by atoms with E-state index in [-0.39, 0.29) is 0 Å². The molecule has 0 unspecified atom stereocenters. The lowest BCUT2D eigenvalue weighted by Crippen LogP contribution is -2.08. The molecule has 10 aromatic carbocycles. The summed E-state index contributed by atoms with van der Waals surface area (Å²) in [5, 5.41) is 6.95. The molecule has 14 rings (SSSR count). The Morgan fingerprint density at radius 2 is 0.681 bits per heavy atom. The normalized spacial score (nSPS) is 11.8. The highest BCUT2D eigenvalue weighted by atomic mass is 15.2. The van der Waals surface area contributed by atoms with Crippen LogP contribution in [0.2, 0.25) is 0 Å². The molecule has 14 aromatic rings. The molecule has 0 fully saturated rings. The van der Waals surface area contributed by atoms with Gasteiger partial charge >= 0.3 is 0 Å². The van der Waals surface area contributed by atoms with Gasteiger partial charge in [0.05, 0.1) is 38.8 Å². The van der Waals surface area contributed by atoms with Crippen LogP contribution in [0.5, 0.6) is 0 Å². The van der Waals surface area contributed by atoms with E-state index in [1.807, 2.05) is 18.2 Å². The molecule has 0 amide bonds. The SMILES string of the molecule is c1ccc(-c2cccc(-c3ccc(-c4nc(-c5ccccc5)nc(-n5c6ccccc6c6c5c(-n5c7ccccc7c7ccccc75)cc5c7ccccc7n(-c7ccccc7)c56)n4)cc3)c2)cc1. The van der Waals surface area contributed by atoms with Gasteiger partial charge in [-0.2, -0.15) is 9.97 Å². The van der Waals surface area contributed by atoms with Gasteiger partial charge in [0.15, 0.2) is 11.6 Å². The Morgan fingerprint density at radius 1 is 0.261 bits per heavy atom. The summed E-state index contributed by atoms with van der Waals surface area (Å²) in [6.07, 6.45) is 0. The summed E-state index contributed by atoms with van der Waals surface area (Å²) in [7, 11) is 0. The monoisotopic (exact) mass is 880 g/mol. The van der Waals surface area contributed by atoms with Crippen molar-refractivity contribution in [3.63, 3.8) is 0 Å². The topological polar surface area (TPSA) is 53.5 Å². The molecule has 0 spiro atoms. The molecular weight excluding hydrogens is 841 g/mol. The third kappa shape index (κ3) is 6.16. The second kappa shape index (κ2) is 15.6. The minimum absolute atomic E-state index is 0.536. The summed E-state index contributed by atoms with van der Waals surface area (Å²) in [5.74, 6) is 1.72. The fraction of sp³-hybridized carbons (Fsp3) is 0. The zero-order chi connectivity index (χ0) is 45.4. The van der Waals surface area contributed by atoms with Crippen molar-refractivity contribution in [3.05, 3.63) is 243 Å². The summed E-state index contributed by atoms with van der Waals surface area (Å²) in [6.45, 7) is 0. The fourth-order valence-corrected chi connectivity index (χ4v) is 10.6. The average Bonchev–Trinajstić information content (AvgIpc) is 4.07. The van der Waals surface area contributed by atoms with E-state index in [1.54, 1.807) is 0 Å². The number of fused-ring (bicyclic) bond motifs is 10. The Hall–Kier alpha value is -9.39. The fourth-order valence-electron chi connectivity index (χ4n) is 10.6. The van der Waals surface area contributed by atoms with Crippen LogP contribution in [0.3, 0.4) is 0 Å². The number of aromatic nitrogens is 6. The molecule has 0 aliphatic carbocycles. The molecule has 0 aliphatic rings. The second-order valence-electron chi connectivity index (χ2n) is 17.6. The van der Waals surface area contributed by atoms with Crippen molar-refractivity contribution >= 4 is 65.4 Å². The standard InChI is InChI=1S/C63H40N6/c1-4-19-41(20-5-1)45-23-18-24-46(39-45)42-35-37-44(38-36-42)62-64-61(43-21-6-2-7-22-43)65-63(66-62)69-56-34-17-13-30-51(56)58-59-52(50-29-12-14-31-53(50)67(59)47-25-8-3-9-26-47)40-57(60(58)69)68-54-32-15-10-27-48(54)49-28-11-16-33-55(49)68/h1-40H. The zero-order valence-corrected chi connectivity index (χ0v) is 37.3. The number of rotatable bonds is 7. The highest BCUT2D eigenvalue weighted by molar-refractivity contribution is 6.28. The Balaban J connectivity index is 1.09. The van der Waals surface area contributed by atoms with Crippen LogP contribution in [0.15, 0.2) is 243 Å². The van der Waals surface area contributed by atoms with Crippen LogP contribution in [-0.2, 0) is 0 Å². The maximum atomic E-state index is 5.50. The van der Waals surface area contributed by atoms with Gasteiger partial charge in [0.2, 0.25) is 5.95 Å². The molecule has 0 aliphatic heterocycles. The average molecular weight is 881 g/mol. The number of hydrogen-bond acceptors (Lipinski definition) is 3. The van der Waals surface area contributed by atoms with E-state index in [0.717, 1.165) is 82.9 Å². The Labute approximate surface area is 397 Å². The predicted molar refractivity (Wildman–Crippen MR) is 285 cm³/mol. The van der Waals surface area contributed by atoms with Crippen LogP contribution in [0.4, 0.5) is 0 Å². The number of hydrogen-bond donors (Lipinski definition) is 0. The Morgan fingerprint density at radius 3 is 1.28 bits per heavy atom. The molecule has 0 bridgehead atoms. The third-order valence-corrected chi connectivity index (χ3v) is 13.7. The van der Waals surface area contributed by atoms with E-state index in [1.165, 1.54) is 27.3 Å². The van der Waals surface area contributed by atoms with Crippen molar-refractivity contribution in [1.82, 2.24) is 28.7 Å². The molecule has 322 valence electrons. The van der Waals surface area contributed by atoms with E-state index in [0.29, 0.717) is 17.6 Å².